The lowest BCUT2D eigenvalue weighted by molar-refractivity contribution is 0.0895. The minimum Gasteiger partial charge on any atom is -0.394 e. The van der Waals surface area contributed by atoms with E-state index in [2.05, 4.69) is 17.1 Å². The fourth-order valence-corrected chi connectivity index (χ4v) is 4.27. The fourth-order valence-electron chi connectivity index (χ4n) is 4.27. The van der Waals surface area contributed by atoms with Gasteiger partial charge in [0.2, 0.25) is 0 Å². The van der Waals surface area contributed by atoms with Crippen molar-refractivity contribution in [1.82, 2.24) is 10.2 Å². The highest BCUT2D eigenvalue weighted by Gasteiger charge is 2.48. The molecule has 3 nitrogen and oxygen atoms in total. The van der Waals surface area contributed by atoms with Crippen LogP contribution < -0.4 is 5.32 Å². The first-order valence-electron chi connectivity index (χ1n) is 9.36. The van der Waals surface area contributed by atoms with Gasteiger partial charge in [-0.15, -0.1) is 0 Å². The molecule has 0 bridgehead atoms. The molecule has 0 aromatic carbocycles. The monoisotopic (exact) mass is 294 g/mol. The third kappa shape index (κ3) is 4.20. The highest BCUT2D eigenvalue weighted by atomic mass is 16.3. The summed E-state index contributed by atoms with van der Waals surface area (Å²) < 4.78 is 0. The maximum Gasteiger partial charge on any atom is 0.0628 e. The van der Waals surface area contributed by atoms with Gasteiger partial charge in [-0.1, -0.05) is 19.8 Å². The molecule has 3 heteroatoms. The number of likely N-dealkylation sites (tertiary alicyclic amines) is 1. The molecule has 3 rings (SSSR count). The Morgan fingerprint density at radius 1 is 1.10 bits per heavy atom. The second kappa shape index (κ2) is 6.97. The summed E-state index contributed by atoms with van der Waals surface area (Å²) in [5.74, 6) is 1.67. The summed E-state index contributed by atoms with van der Waals surface area (Å²) in [7, 11) is 0. The number of nitrogens with one attached hydrogen (secondary N) is 1. The molecule has 3 fully saturated rings. The highest BCUT2D eigenvalue weighted by Crippen LogP contribution is 2.42. The molecule has 1 heterocycles. The van der Waals surface area contributed by atoms with Crippen molar-refractivity contribution < 1.29 is 5.11 Å². The van der Waals surface area contributed by atoms with Gasteiger partial charge in [-0.25, -0.2) is 0 Å². The smallest absolute Gasteiger partial charge is 0.0628 e. The lowest BCUT2D eigenvalue weighted by Crippen LogP contribution is -2.58. The molecular formula is C18H34N2O. The van der Waals surface area contributed by atoms with Gasteiger partial charge >= 0.3 is 0 Å². The first kappa shape index (κ1) is 15.8. The van der Waals surface area contributed by atoms with Crippen molar-refractivity contribution in [3.63, 3.8) is 0 Å². The van der Waals surface area contributed by atoms with Gasteiger partial charge in [0, 0.05) is 12.6 Å². The molecule has 2 N–H and O–H groups in total. The molecule has 0 radical (unpaired) electrons. The third-order valence-corrected chi connectivity index (χ3v) is 5.85. The Morgan fingerprint density at radius 3 is 2.52 bits per heavy atom. The maximum absolute atomic E-state index is 10.1. The third-order valence-electron chi connectivity index (χ3n) is 5.85. The molecule has 2 aliphatic carbocycles. The summed E-state index contributed by atoms with van der Waals surface area (Å²) >= 11 is 0. The van der Waals surface area contributed by atoms with Crippen LogP contribution in [0.1, 0.15) is 64.7 Å². The Kier molecular flexibility index (Phi) is 5.23. The fraction of sp³-hybridized carbons (Fsp3) is 1.00. The summed E-state index contributed by atoms with van der Waals surface area (Å²) in [5, 5.41) is 13.9. The zero-order chi connectivity index (χ0) is 14.7. The Morgan fingerprint density at radius 2 is 1.90 bits per heavy atom. The average Bonchev–Trinajstić information content (AvgIpc) is 3.34. The van der Waals surface area contributed by atoms with Gasteiger partial charge in [-0.05, 0) is 69.9 Å². The van der Waals surface area contributed by atoms with Crippen LogP contribution in [0.2, 0.25) is 0 Å². The van der Waals surface area contributed by atoms with Crippen LogP contribution in [0, 0.1) is 11.8 Å². The van der Waals surface area contributed by atoms with Gasteiger partial charge in [0.1, 0.15) is 0 Å². The van der Waals surface area contributed by atoms with E-state index in [4.69, 9.17) is 0 Å². The van der Waals surface area contributed by atoms with Crippen LogP contribution in [-0.4, -0.2) is 47.8 Å². The number of aliphatic hydroxyl groups is 1. The van der Waals surface area contributed by atoms with Gasteiger partial charge in [0.15, 0.2) is 0 Å². The van der Waals surface area contributed by atoms with E-state index in [-0.39, 0.29) is 5.54 Å². The summed E-state index contributed by atoms with van der Waals surface area (Å²) in [4.78, 5) is 2.65. The van der Waals surface area contributed by atoms with E-state index < -0.39 is 0 Å². The first-order chi connectivity index (χ1) is 10.3. The molecule has 0 amide bonds. The Labute approximate surface area is 130 Å². The second-order valence-electron chi connectivity index (χ2n) is 7.87. The molecule has 1 saturated heterocycles. The summed E-state index contributed by atoms with van der Waals surface area (Å²) in [6.45, 7) is 6.19. The molecular weight excluding hydrogens is 260 g/mol. The zero-order valence-electron chi connectivity index (χ0n) is 13.8. The minimum absolute atomic E-state index is 0.00571. The van der Waals surface area contributed by atoms with Crippen molar-refractivity contribution in [3.05, 3.63) is 0 Å². The van der Waals surface area contributed by atoms with Crippen LogP contribution >= 0.6 is 0 Å². The van der Waals surface area contributed by atoms with E-state index in [1.165, 1.54) is 70.9 Å². The number of rotatable bonds is 8. The average molecular weight is 294 g/mol. The molecule has 1 aliphatic heterocycles. The van der Waals surface area contributed by atoms with Crippen LogP contribution in [0.3, 0.4) is 0 Å². The van der Waals surface area contributed by atoms with Gasteiger partial charge in [-0.2, -0.15) is 0 Å². The molecule has 2 saturated carbocycles. The largest absolute Gasteiger partial charge is 0.394 e. The second-order valence-corrected chi connectivity index (χ2v) is 7.87. The molecule has 0 aromatic heterocycles. The van der Waals surface area contributed by atoms with Crippen LogP contribution in [0.4, 0.5) is 0 Å². The van der Waals surface area contributed by atoms with E-state index in [0.717, 1.165) is 18.4 Å². The molecule has 3 aliphatic rings. The van der Waals surface area contributed by atoms with Crippen molar-refractivity contribution in [2.75, 3.05) is 26.2 Å². The number of hydrogen-bond acceptors (Lipinski definition) is 3. The Hall–Kier alpha value is -0.120. The van der Waals surface area contributed by atoms with Crippen LogP contribution in [-0.2, 0) is 0 Å². The van der Waals surface area contributed by atoms with Crippen molar-refractivity contribution in [3.8, 4) is 0 Å². The quantitative estimate of drug-likeness (QED) is 0.722. The zero-order valence-corrected chi connectivity index (χ0v) is 13.8. The maximum atomic E-state index is 10.1. The van der Waals surface area contributed by atoms with Crippen molar-refractivity contribution >= 4 is 0 Å². The lowest BCUT2D eigenvalue weighted by atomic mass is 9.92. The summed E-state index contributed by atoms with van der Waals surface area (Å²) in [6, 6.07) is 0.692. The molecule has 0 aromatic rings. The van der Waals surface area contributed by atoms with E-state index in [0.29, 0.717) is 12.6 Å². The standard InChI is InChI=1S/C18H34N2O/c1-2-4-15-5-3-11-20(12-10-15)13-18(14-21,16-6-7-16)19-17-8-9-17/h15-17,19,21H,2-14H2,1H3. The van der Waals surface area contributed by atoms with Crippen molar-refractivity contribution in [2.24, 2.45) is 11.8 Å². The van der Waals surface area contributed by atoms with Crippen molar-refractivity contribution in [2.45, 2.75) is 76.3 Å². The van der Waals surface area contributed by atoms with Crippen LogP contribution in [0.15, 0.2) is 0 Å². The van der Waals surface area contributed by atoms with Crippen molar-refractivity contribution in [1.29, 1.82) is 0 Å². The van der Waals surface area contributed by atoms with Gasteiger partial charge < -0.3 is 15.3 Å². The molecule has 122 valence electrons. The molecule has 0 spiro atoms. The SMILES string of the molecule is CCCC1CCCN(CC(CO)(NC2CC2)C2CC2)CC1. The Bertz CT molecular complexity index is 327. The first-order valence-corrected chi connectivity index (χ1v) is 9.36. The van der Waals surface area contributed by atoms with Crippen LogP contribution in [0.25, 0.3) is 0 Å². The number of nitrogens with zero attached hydrogens (tertiary/aromatic N) is 1. The highest BCUT2D eigenvalue weighted by molar-refractivity contribution is 5.06. The summed E-state index contributed by atoms with van der Waals surface area (Å²) in [6.07, 6.45) is 12.1. The molecule has 21 heavy (non-hydrogen) atoms. The summed E-state index contributed by atoms with van der Waals surface area (Å²) in [5.41, 5.74) is 0.00571. The van der Waals surface area contributed by atoms with E-state index >= 15 is 0 Å². The van der Waals surface area contributed by atoms with E-state index in [9.17, 15) is 5.11 Å². The predicted molar refractivity (Wildman–Crippen MR) is 87.4 cm³/mol. The van der Waals surface area contributed by atoms with Gasteiger partial charge in [-0.3, -0.25) is 0 Å². The predicted octanol–water partition coefficient (Wildman–Crippen LogP) is 2.78. The molecule has 2 unspecified atom stereocenters. The van der Waals surface area contributed by atoms with E-state index in [1.807, 2.05) is 0 Å². The number of aliphatic hydroxyl groups excluding tert-OH is 1. The lowest BCUT2D eigenvalue weighted by Gasteiger charge is -2.38. The van der Waals surface area contributed by atoms with Crippen LogP contribution in [0.5, 0.6) is 0 Å². The van der Waals surface area contributed by atoms with E-state index in [1.54, 1.807) is 0 Å². The topological polar surface area (TPSA) is 35.5 Å². The molecule has 2 atom stereocenters. The Balaban J connectivity index is 1.57. The normalized spacial score (nSPS) is 30.9. The van der Waals surface area contributed by atoms with Gasteiger partial charge in [0.05, 0.1) is 12.1 Å². The number of hydrogen-bond donors (Lipinski definition) is 2. The van der Waals surface area contributed by atoms with Gasteiger partial charge in [0.25, 0.3) is 0 Å². The minimum atomic E-state index is 0.00571.